The molecule has 0 saturated heterocycles. The van der Waals surface area contributed by atoms with E-state index in [2.05, 4.69) is 20.6 Å². The molecule has 0 fully saturated rings. The molecule has 10 heteroatoms. The van der Waals surface area contributed by atoms with E-state index in [4.69, 9.17) is 16.6 Å². The molecule has 1 aromatic heterocycles. The van der Waals surface area contributed by atoms with Crippen molar-refractivity contribution in [2.24, 2.45) is 16.5 Å². The van der Waals surface area contributed by atoms with Crippen LogP contribution in [0.4, 0.5) is 11.5 Å². The van der Waals surface area contributed by atoms with Gasteiger partial charge < -0.3 is 27.2 Å². The molecule has 1 heterocycles. The number of aromatic nitrogens is 1. The number of benzene rings is 2. The maximum Gasteiger partial charge on any atom is 0.303 e. The van der Waals surface area contributed by atoms with Crippen molar-refractivity contribution in [1.82, 2.24) is 10.3 Å². The zero-order chi connectivity index (χ0) is 23.1. The van der Waals surface area contributed by atoms with Crippen LogP contribution in [0.5, 0.6) is 0 Å². The van der Waals surface area contributed by atoms with Crippen molar-refractivity contribution < 1.29 is 19.5 Å². The van der Waals surface area contributed by atoms with Gasteiger partial charge in [-0.15, -0.1) is 0 Å². The van der Waals surface area contributed by atoms with Crippen LogP contribution in [0.15, 0.2) is 59.7 Å². The van der Waals surface area contributed by atoms with Gasteiger partial charge in [0.15, 0.2) is 5.96 Å². The molecule has 0 aliphatic carbocycles. The molecule has 164 valence electrons. The van der Waals surface area contributed by atoms with E-state index in [1.54, 1.807) is 18.2 Å². The van der Waals surface area contributed by atoms with Crippen LogP contribution in [-0.4, -0.2) is 40.4 Å². The number of carboxylic acids is 1. The number of carbonyl (C=O) groups excluding carboxylic acids is 2. The second-order valence-electron chi connectivity index (χ2n) is 6.89. The number of aliphatic carboxylic acids is 1. The Kier molecular flexibility index (Phi) is 6.96. The lowest BCUT2D eigenvalue weighted by Crippen LogP contribution is -2.33. The van der Waals surface area contributed by atoms with E-state index in [0.717, 1.165) is 10.8 Å². The molecule has 3 aromatic rings. The first-order valence-corrected chi connectivity index (χ1v) is 9.69. The Morgan fingerprint density at radius 3 is 2.59 bits per heavy atom. The van der Waals surface area contributed by atoms with E-state index in [1.165, 1.54) is 12.3 Å². The molecular formula is C22H22N6O4. The number of amides is 2. The number of guanidine groups is 1. The third-order valence-electron chi connectivity index (χ3n) is 4.52. The fraction of sp³-hybridized carbons (Fsp3) is 0.136. The lowest BCUT2D eigenvalue weighted by atomic mass is 10.0. The minimum absolute atomic E-state index is 0.0919. The van der Waals surface area contributed by atoms with E-state index in [1.807, 2.05) is 24.3 Å². The van der Waals surface area contributed by atoms with E-state index < -0.39 is 17.8 Å². The third kappa shape index (κ3) is 5.79. The Morgan fingerprint density at radius 2 is 1.84 bits per heavy atom. The summed E-state index contributed by atoms with van der Waals surface area (Å²) in [5, 5.41) is 15.5. The topological polar surface area (TPSA) is 173 Å². The number of pyridine rings is 1. The first-order valence-electron chi connectivity index (χ1n) is 9.69. The highest BCUT2D eigenvalue weighted by Crippen LogP contribution is 2.28. The van der Waals surface area contributed by atoms with Gasteiger partial charge in [0.05, 0.1) is 12.2 Å². The molecule has 0 radical (unpaired) electrons. The quantitative estimate of drug-likeness (QED) is 0.264. The highest BCUT2D eigenvalue weighted by atomic mass is 16.4. The largest absolute Gasteiger partial charge is 0.481 e. The highest BCUT2D eigenvalue weighted by Gasteiger charge is 2.13. The Bertz CT molecular complexity index is 1200. The van der Waals surface area contributed by atoms with Gasteiger partial charge in [0.1, 0.15) is 5.82 Å². The number of nitrogens with zero attached hydrogens (tertiary/aromatic N) is 2. The number of rotatable bonds is 8. The van der Waals surface area contributed by atoms with E-state index in [0.29, 0.717) is 11.3 Å². The minimum Gasteiger partial charge on any atom is -0.481 e. The van der Waals surface area contributed by atoms with Gasteiger partial charge in [-0.3, -0.25) is 14.4 Å². The van der Waals surface area contributed by atoms with Crippen molar-refractivity contribution in [2.75, 3.05) is 11.9 Å². The van der Waals surface area contributed by atoms with Gasteiger partial charge in [0, 0.05) is 23.6 Å². The van der Waals surface area contributed by atoms with Crippen LogP contribution in [0.3, 0.4) is 0 Å². The summed E-state index contributed by atoms with van der Waals surface area (Å²) in [7, 11) is 0. The number of anilines is 1. The summed E-state index contributed by atoms with van der Waals surface area (Å²) < 4.78 is 0. The molecule has 0 unspecified atom stereocenters. The lowest BCUT2D eigenvalue weighted by Gasteiger charge is -2.11. The molecule has 32 heavy (non-hydrogen) atoms. The average Bonchev–Trinajstić information content (AvgIpc) is 2.76. The highest BCUT2D eigenvalue weighted by molar-refractivity contribution is 6.05. The molecule has 3 rings (SSSR count). The van der Waals surface area contributed by atoms with Crippen molar-refractivity contribution in [2.45, 2.75) is 12.8 Å². The van der Waals surface area contributed by atoms with Gasteiger partial charge in [0.2, 0.25) is 5.91 Å². The van der Waals surface area contributed by atoms with Crippen molar-refractivity contribution >= 4 is 46.0 Å². The number of aryl methyl sites for hydroxylation is 1. The molecule has 2 amide bonds. The van der Waals surface area contributed by atoms with Gasteiger partial charge >= 0.3 is 5.97 Å². The minimum atomic E-state index is -0.950. The molecule has 10 nitrogen and oxygen atoms in total. The van der Waals surface area contributed by atoms with Crippen LogP contribution < -0.4 is 22.1 Å². The number of nitrogens with two attached hydrogens (primary N) is 2. The summed E-state index contributed by atoms with van der Waals surface area (Å²) in [5.74, 6) is -1.81. The number of nitrogens with one attached hydrogen (secondary N) is 2. The first-order chi connectivity index (χ1) is 15.3. The summed E-state index contributed by atoms with van der Waals surface area (Å²) in [6.45, 7) is -0.307. The van der Waals surface area contributed by atoms with Crippen LogP contribution >= 0.6 is 0 Å². The SMILES string of the molecule is NC(N)=Nc1cc(C(=O)NCC(=O)Nc2ncccc2CCC(=O)O)cc2ccccc12. The fourth-order valence-electron chi connectivity index (χ4n) is 3.09. The van der Waals surface area contributed by atoms with E-state index in [9.17, 15) is 14.4 Å². The molecule has 7 N–H and O–H groups in total. The second-order valence-corrected chi connectivity index (χ2v) is 6.89. The van der Waals surface area contributed by atoms with E-state index in [-0.39, 0.29) is 36.7 Å². The Labute approximate surface area is 183 Å². The number of hydrogen-bond donors (Lipinski definition) is 5. The maximum absolute atomic E-state index is 12.6. The number of carboxylic acid groups (broad SMARTS) is 1. The molecule has 0 spiro atoms. The van der Waals surface area contributed by atoms with Crippen LogP contribution in [0.25, 0.3) is 10.8 Å². The molecule has 0 saturated carbocycles. The predicted molar refractivity (Wildman–Crippen MR) is 121 cm³/mol. The summed E-state index contributed by atoms with van der Waals surface area (Å²) in [6.07, 6.45) is 1.61. The Balaban J connectivity index is 1.70. The monoisotopic (exact) mass is 434 g/mol. The third-order valence-corrected chi connectivity index (χ3v) is 4.52. The smallest absolute Gasteiger partial charge is 0.303 e. The second kappa shape index (κ2) is 10.0. The Morgan fingerprint density at radius 1 is 1.06 bits per heavy atom. The van der Waals surface area contributed by atoms with E-state index >= 15 is 0 Å². The maximum atomic E-state index is 12.6. The average molecular weight is 434 g/mol. The summed E-state index contributed by atoms with van der Waals surface area (Å²) in [6, 6.07) is 13.9. The van der Waals surface area contributed by atoms with Crippen molar-refractivity contribution in [3.63, 3.8) is 0 Å². The number of carbonyl (C=O) groups is 3. The van der Waals surface area contributed by atoms with Gasteiger partial charge in [-0.2, -0.15) is 0 Å². The van der Waals surface area contributed by atoms with Gasteiger partial charge in [0.25, 0.3) is 5.91 Å². The predicted octanol–water partition coefficient (Wildman–Crippen LogP) is 1.53. The number of aliphatic imine (C=N–C) groups is 1. The molecule has 0 bridgehead atoms. The molecule has 0 aliphatic heterocycles. The van der Waals surface area contributed by atoms with Gasteiger partial charge in [-0.1, -0.05) is 30.3 Å². The van der Waals surface area contributed by atoms with Crippen molar-refractivity contribution in [3.8, 4) is 0 Å². The van der Waals surface area contributed by atoms with Crippen LogP contribution in [-0.2, 0) is 16.0 Å². The zero-order valence-corrected chi connectivity index (χ0v) is 17.0. The molecular weight excluding hydrogens is 412 g/mol. The molecule has 0 aliphatic rings. The van der Waals surface area contributed by atoms with Crippen LogP contribution in [0.1, 0.15) is 22.3 Å². The first kappa shape index (κ1) is 22.2. The normalized spacial score (nSPS) is 10.4. The Hall–Kier alpha value is -4.47. The summed E-state index contributed by atoms with van der Waals surface area (Å²) in [5.41, 5.74) is 12.3. The van der Waals surface area contributed by atoms with Gasteiger partial charge in [-0.25, -0.2) is 9.98 Å². The zero-order valence-electron chi connectivity index (χ0n) is 17.0. The van der Waals surface area contributed by atoms with Crippen LogP contribution in [0.2, 0.25) is 0 Å². The van der Waals surface area contributed by atoms with Crippen molar-refractivity contribution in [3.05, 3.63) is 65.9 Å². The standard InChI is InChI=1S/C22H22N6O4/c23-22(24)27-17-11-15(10-14-4-1-2-6-16(14)17)21(32)26-12-18(29)28-20-13(5-3-9-25-20)7-8-19(30)31/h1-6,9-11H,7-8,12H2,(H,26,32)(H,30,31)(H4,23,24,27)(H,25,28,29). The molecule has 2 aromatic carbocycles. The van der Waals surface area contributed by atoms with Crippen molar-refractivity contribution in [1.29, 1.82) is 0 Å². The van der Waals surface area contributed by atoms with Crippen LogP contribution in [0, 0.1) is 0 Å². The fourth-order valence-corrected chi connectivity index (χ4v) is 3.09. The molecule has 0 atom stereocenters. The van der Waals surface area contributed by atoms with Gasteiger partial charge in [-0.05, 0) is 35.6 Å². The number of fused-ring (bicyclic) bond motifs is 1. The summed E-state index contributed by atoms with van der Waals surface area (Å²) in [4.78, 5) is 43.9. The number of hydrogen-bond acceptors (Lipinski definition) is 5. The summed E-state index contributed by atoms with van der Waals surface area (Å²) >= 11 is 0. The lowest BCUT2D eigenvalue weighted by molar-refractivity contribution is -0.137.